The molecular weight excluding hydrogens is 261 g/mol. The van der Waals surface area contributed by atoms with Crippen molar-refractivity contribution in [2.45, 2.75) is 32.0 Å². The van der Waals surface area contributed by atoms with Gasteiger partial charge in [-0.15, -0.1) is 0 Å². The second-order valence-electron chi connectivity index (χ2n) is 5.13. The van der Waals surface area contributed by atoms with Crippen LogP contribution in [0.3, 0.4) is 0 Å². The molecule has 2 nitrogen and oxygen atoms in total. The zero-order chi connectivity index (χ0) is 13.6. The fourth-order valence-electron chi connectivity index (χ4n) is 2.26. The molecule has 0 aromatic heterocycles. The number of nitrogens with zero attached hydrogens (tertiary/aromatic N) is 1. The lowest BCUT2D eigenvalue weighted by atomic mass is 10.0. The molecule has 0 amide bonds. The van der Waals surface area contributed by atoms with Gasteiger partial charge in [0, 0.05) is 6.04 Å². The lowest BCUT2D eigenvalue weighted by Crippen LogP contribution is -2.46. The predicted molar refractivity (Wildman–Crippen MR) is 71.1 cm³/mol. The first-order chi connectivity index (χ1) is 8.40. The lowest BCUT2D eigenvalue weighted by molar-refractivity contribution is -0.148. The van der Waals surface area contributed by atoms with E-state index in [0.717, 1.165) is 25.1 Å². The molecule has 0 radical (unpaired) electrons. The van der Waals surface area contributed by atoms with Crippen LogP contribution < -0.4 is 5.32 Å². The van der Waals surface area contributed by atoms with Crippen molar-refractivity contribution >= 4 is 11.8 Å². The van der Waals surface area contributed by atoms with E-state index >= 15 is 0 Å². The Morgan fingerprint density at radius 3 is 2.44 bits per heavy atom. The number of rotatable bonds is 6. The zero-order valence-corrected chi connectivity index (χ0v) is 11.9. The third-order valence-electron chi connectivity index (χ3n) is 3.20. The van der Waals surface area contributed by atoms with E-state index in [-0.39, 0.29) is 0 Å². The highest BCUT2D eigenvalue weighted by molar-refractivity contribution is 7.98. The predicted octanol–water partition coefficient (Wildman–Crippen LogP) is 2.60. The second-order valence-corrected chi connectivity index (χ2v) is 6.05. The van der Waals surface area contributed by atoms with Gasteiger partial charge in [-0.25, -0.2) is 0 Å². The summed E-state index contributed by atoms with van der Waals surface area (Å²) >= 11 is 1.83. The van der Waals surface area contributed by atoms with Crippen molar-refractivity contribution < 1.29 is 13.2 Å². The number of hydrogen-bond donors (Lipinski definition) is 1. The molecule has 1 fully saturated rings. The number of piperidine rings is 1. The molecule has 1 heterocycles. The van der Waals surface area contributed by atoms with Gasteiger partial charge in [0.2, 0.25) is 0 Å². The van der Waals surface area contributed by atoms with Crippen LogP contribution >= 0.6 is 11.8 Å². The maximum atomic E-state index is 12.2. The normalized spacial score (nSPS) is 21.2. The van der Waals surface area contributed by atoms with Gasteiger partial charge in [0.25, 0.3) is 0 Å². The monoisotopic (exact) mass is 284 g/mol. The average molecular weight is 284 g/mol. The molecule has 0 aliphatic carbocycles. The first-order valence-corrected chi connectivity index (χ1v) is 7.81. The van der Waals surface area contributed by atoms with E-state index in [4.69, 9.17) is 0 Å². The van der Waals surface area contributed by atoms with Crippen LogP contribution in [0.25, 0.3) is 0 Å². The Hall–Kier alpha value is 0.0600. The van der Waals surface area contributed by atoms with Crippen molar-refractivity contribution in [1.29, 1.82) is 0 Å². The van der Waals surface area contributed by atoms with Crippen LogP contribution in [0.1, 0.15) is 19.8 Å². The molecule has 108 valence electrons. The highest BCUT2D eigenvalue weighted by atomic mass is 32.2. The highest BCUT2D eigenvalue weighted by Gasteiger charge is 2.32. The Balaban J connectivity index is 2.15. The van der Waals surface area contributed by atoms with Crippen LogP contribution in [0.15, 0.2) is 0 Å². The number of thioether (sulfide) groups is 1. The summed E-state index contributed by atoms with van der Waals surface area (Å²) < 4.78 is 36.6. The van der Waals surface area contributed by atoms with E-state index in [1.54, 1.807) is 0 Å². The first kappa shape index (κ1) is 16.1. The van der Waals surface area contributed by atoms with Crippen molar-refractivity contribution in [3.63, 3.8) is 0 Å². The third kappa shape index (κ3) is 6.85. The van der Waals surface area contributed by atoms with Gasteiger partial charge in [-0.3, -0.25) is 4.90 Å². The minimum Gasteiger partial charge on any atom is -0.314 e. The fraction of sp³-hybridized carbons (Fsp3) is 1.00. The quantitative estimate of drug-likeness (QED) is 0.807. The Morgan fingerprint density at radius 1 is 1.33 bits per heavy atom. The van der Waals surface area contributed by atoms with Crippen LogP contribution in [0.5, 0.6) is 0 Å². The Kier molecular flexibility index (Phi) is 6.81. The summed E-state index contributed by atoms with van der Waals surface area (Å²) in [6, 6.07) is 0.388. The van der Waals surface area contributed by atoms with Crippen molar-refractivity contribution in [1.82, 2.24) is 10.2 Å². The largest absolute Gasteiger partial charge is 0.401 e. The maximum absolute atomic E-state index is 12.2. The van der Waals surface area contributed by atoms with Gasteiger partial charge >= 0.3 is 6.18 Å². The molecule has 1 atom stereocenters. The topological polar surface area (TPSA) is 15.3 Å². The maximum Gasteiger partial charge on any atom is 0.401 e. The number of alkyl halides is 3. The van der Waals surface area contributed by atoms with Crippen molar-refractivity contribution in [2.75, 3.05) is 38.2 Å². The van der Waals surface area contributed by atoms with Gasteiger partial charge in [0.15, 0.2) is 0 Å². The standard InChI is InChI=1S/C12H23F3N2S/c1-10(8-18-2)7-16-11-3-5-17(6-4-11)9-12(13,14)15/h10-11,16H,3-9H2,1-2H3. The third-order valence-corrected chi connectivity index (χ3v) is 4.10. The smallest absolute Gasteiger partial charge is 0.314 e. The van der Waals surface area contributed by atoms with E-state index in [2.05, 4.69) is 18.5 Å². The molecule has 1 aliphatic rings. The van der Waals surface area contributed by atoms with E-state index in [1.165, 1.54) is 4.90 Å². The molecule has 6 heteroatoms. The summed E-state index contributed by atoms with van der Waals surface area (Å²) in [6.45, 7) is 3.50. The lowest BCUT2D eigenvalue weighted by Gasteiger charge is -2.33. The number of hydrogen-bond acceptors (Lipinski definition) is 3. The Morgan fingerprint density at radius 2 is 1.94 bits per heavy atom. The highest BCUT2D eigenvalue weighted by Crippen LogP contribution is 2.19. The molecule has 1 saturated heterocycles. The number of halogens is 3. The van der Waals surface area contributed by atoms with E-state index < -0.39 is 12.7 Å². The molecule has 1 aliphatic heterocycles. The molecule has 1 rings (SSSR count). The molecule has 0 aromatic rings. The van der Waals surface area contributed by atoms with Gasteiger partial charge in [-0.2, -0.15) is 24.9 Å². The molecule has 0 aromatic carbocycles. The second kappa shape index (κ2) is 7.60. The van der Waals surface area contributed by atoms with E-state index in [0.29, 0.717) is 25.0 Å². The van der Waals surface area contributed by atoms with Crippen LogP contribution in [-0.4, -0.2) is 55.3 Å². The average Bonchev–Trinajstić information content (AvgIpc) is 2.26. The Labute approximate surface area is 112 Å². The van der Waals surface area contributed by atoms with Crippen molar-refractivity contribution in [3.05, 3.63) is 0 Å². The number of nitrogens with one attached hydrogen (secondary N) is 1. The summed E-state index contributed by atoms with van der Waals surface area (Å²) in [4.78, 5) is 1.50. The van der Waals surface area contributed by atoms with Gasteiger partial charge in [-0.05, 0) is 50.4 Å². The van der Waals surface area contributed by atoms with Crippen molar-refractivity contribution in [2.24, 2.45) is 5.92 Å². The van der Waals surface area contributed by atoms with Gasteiger partial charge in [0.1, 0.15) is 0 Å². The first-order valence-electron chi connectivity index (χ1n) is 6.42. The summed E-state index contributed by atoms with van der Waals surface area (Å²) in [5.41, 5.74) is 0. The molecule has 18 heavy (non-hydrogen) atoms. The fourth-order valence-corrected chi connectivity index (χ4v) is 2.95. The van der Waals surface area contributed by atoms with E-state index in [9.17, 15) is 13.2 Å². The molecular formula is C12H23F3N2S. The van der Waals surface area contributed by atoms with Crippen molar-refractivity contribution in [3.8, 4) is 0 Å². The summed E-state index contributed by atoms with van der Waals surface area (Å²) in [5.74, 6) is 1.74. The molecule has 1 N–H and O–H groups in total. The minimum atomic E-state index is -4.06. The van der Waals surface area contributed by atoms with Gasteiger partial charge < -0.3 is 5.32 Å². The van der Waals surface area contributed by atoms with Crippen LogP contribution in [0.4, 0.5) is 13.2 Å². The molecule has 1 unspecified atom stereocenters. The summed E-state index contributed by atoms with van der Waals surface area (Å²) in [5, 5.41) is 3.47. The van der Waals surface area contributed by atoms with E-state index in [1.807, 2.05) is 11.8 Å². The summed E-state index contributed by atoms with van der Waals surface area (Å²) in [6.07, 6.45) is -0.330. The van der Waals surface area contributed by atoms with Crippen LogP contribution in [0.2, 0.25) is 0 Å². The summed E-state index contributed by atoms with van der Waals surface area (Å²) in [7, 11) is 0. The number of likely N-dealkylation sites (tertiary alicyclic amines) is 1. The van der Waals surface area contributed by atoms with Gasteiger partial charge in [0.05, 0.1) is 6.54 Å². The van der Waals surface area contributed by atoms with Crippen LogP contribution in [0, 0.1) is 5.92 Å². The minimum absolute atomic E-state index is 0.388. The SMILES string of the molecule is CSCC(C)CNC1CCN(CC(F)(F)F)CC1. The molecule has 0 bridgehead atoms. The Bertz CT molecular complexity index is 228. The zero-order valence-electron chi connectivity index (χ0n) is 11.1. The molecule has 0 saturated carbocycles. The molecule has 0 spiro atoms. The van der Waals surface area contributed by atoms with Crippen LogP contribution in [-0.2, 0) is 0 Å². The van der Waals surface area contributed by atoms with Gasteiger partial charge in [-0.1, -0.05) is 6.92 Å².